The molecule has 4 rings (SSSR count). The van der Waals surface area contributed by atoms with Crippen LogP contribution in [0.1, 0.15) is 109 Å². The molecule has 1 aliphatic carbocycles. The Morgan fingerprint density at radius 1 is 0.647 bits per heavy atom. The molecule has 0 N–H and O–H groups in total. The van der Waals surface area contributed by atoms with E-state index in [1.54, 1.807) is 0 Å². The van der Waals surface area contributed by atoms with Crippen molar-refractivity contribution in [3.63, 3.8) is 0 Å². The van der Waals surface area contributed by atoms with Gasteiger partial charge in [0.15, 0.2) is 0 Å². The average molecular weight is 463 g/mol. The van der Waals surface area contributed by atoms with Gasteiger partial charge >= 0.3 is 0 Å². The molecule has 2 unspecified atom stereocenters. The van der Waals surface area contributed by atoms with Crippen LogP contribution in [0, 0.1) is 0 Å². The van der Waals surface area contributed by atoms with Gasteiger partial charge in [0, 0.05) is 5.92 Å². The van der Waals surface area contributed by atoms with Crippen LogP contribution in [0.5, 0.6) is 5.75 Å². The highest BCUT2D eigenvalue weighted by atomic mass is 16.5. The van der Waals surface area contributed by atoms with Gasteiger partial charge in [0.1, 0.15) is 5.75 Å². The fourth-order valence-electron chi connectivity index (χ4n) is 4.22. The van der Waals surface area contributed by atoms with E-state index in [-0.39, 0.29) is 0 Å². The summed E-state index contributed by atoms with van der Waals surface area (Å²) >= 11 is 0. The summed E-state index contributed by atoms with van der Waals surface area (Å²) in [6, 6.07) is 28.7. The van der Waals surface area contributed by atoms with Crippen LogP contribution in [0.4, 0.5) is 0 Å². The normalized spacial score (nSPS) is 15.2. The second kappa shape index (κ2) is 19.9. The van der Waals surface area contributed by atoms with E-state index in [2.05, 4.69) is 85.8 Å². The van der Waals surface area contributed by atoms with Gasteiger partial charge in [-0.15, -0.1) is 0 Å². The molecule has 0 radical (unpaired) electrons. The molecule has 0 saturated heterocycles. The number of aryl methyl sites for hydroxylation is 1. The van der Waals surface area contributed by atoms with Crippen molar-refractivity contribution in [3.8, 4) is 5.75 Å². The molecule has 34 heavy (non-hydrogen) atoms. The van der Waals surface area contributed by atoms with E-state index in [9.17, 15) is 0 Å². The maximum absolute atomic E-state index is 5.78. The molecule has 0 saturated carbocycles. The Morgan fingerprint density at radius 2 is 1.21 bits per heavy atom. The molecular formula is C33H50O. The molecule has 3 aromatic carbocycles. The smallest absolute Gasteiger partial charge is 0.119 e. The van der Waals surface area contributed by atoms with Crippen molar-refractivity contribution in [2.24, 2.45) is 0 Å². The molecule has 0 aliphatic heterocycles. The van der Waals surface area contributed by atoms with Gasteiger partial charge in [-0.3, -0.25) is 0 Å². The number of hydrogen-bond acceptors (Lipinski definition) is 1. The van der Waals surface area contributed by atoms with E-state index in [1.165, 1.54) is 28.7 Å². The summed E-state index contributed by atoms with van der Waals surface area (Å²) in [6.45, 7) is 18.9. The molecule has 0 heterocycles. The SMILES string of the molecule is CC.CC.CC.CC.CCCOc1ccc(C2c3ccccc3CCC2c2ccccc2)cc1. The predicted molar refractivity (Wildman–Crippen MR) is 153 cm³/mol. The van der Waals surface area contributed by atoms with Crippen molar-refractivity contribution in [2.75, 3.05) is 6.61 Å². The lowest BCUT2D eigenvalue weighted by atomic mass is 9.69. The zero-order valence-electron chi connectivity index (χ0n) is 23.4. The summed E-state index contributed by atoms with van der Waals surface area (Å²) in [7, 11) is 0. The highest BCUT2D eigenvalue weighted by Gasteiger charge is 2.31. The Balaban J connectivity index is 0.00000124. The zero-order valence-corrected chi connectivity index (χ0v) is 23.4. The minimum absolute atomic E-state index is 0.405. The molecule has 1 heteroatoms. The maximum Gasteiger partial charge on any atom is 0.119 e. The second-order valence-corrected chi connectivity index (χ2v) is 7.15. The number of benzene rings is 3. The highest BCUT2D eigenvalue weighted by Crippen LogP contribution is 2.46. The van der Waals surface area contributed by atoms with Crippen LogP contribution >= 0.6 is 0 Å². The van der Waals surface area contributed by atoms with Crippen LogP contribution in [-0.4, -0.2) is 6.61 Å². The minimum atomic E-state index is 0.405. The van der Waals surface area contributed by atoms with Crippen LogP contribution in [-0.2, 0) is 6.42 Å². The number of rotatable bonds is 5. The lowest BCUT2D eigenvalue weighted by Gasteiger charge is -2.34. The summed E-state index contributed by atoms with van der Waals surface area (Å²) in [5.74, 6) is 1.90. The van der Waals surface area contributed by atoms with Crippen molar-refractivity contribution >= 4 is 0 Å². The first-order valence-corrected chi connectivity index (χ1v) is 13.7. The van der Waals surface area contributed by atoms with Crippen LogP contribution in [0.3, 0.4) is 0 Å². The third-order valence-corrected chi connectivity index (χ3v) is 5.46. The van der Waals surface area contributed by atoms with Crippen LogP contribution < -0.4 is 4.74 Å². The zero-order chi connectivity index (χ0) is 25.8. The summed E-state index contributed by atoms with van der Waals surface area (Å²) in [5, 5.41) is 0. The van der Waals surface area contributed by atoms with Crippen LogP contribution in [0.2, 0.25) is 0 Å². The molecule has 1 nitrogen and oxygen atoms in total. The fourth-order valence-corrected chi connectivity index (χ4v) is 4.22. The van der Waals surface area contributed by atoms with Gasteiger partial charge in [0.05, 0.1) is 6.61 Å². The Kier molecular flexibility index (Phi) is 18.4. The Morgan fingerprint density at radius 3 is 1.79 bits per heavy atom. The van der Waals surface area contributed by atoms with Gasteiger partial charge in [-0.05, 0) is 59.6 Å². The standard InChI is InChI=1S/C25H26O.4C2H6/c1-2-18-26-22-15-12-21(13-16-22)25-23-11-7-6-10-20(23)14-17-24(25)19-8-4-3-5-9-19;4*1-2/h3-13,15-16,24-25H,2,14,17-18H2,1H3;4*1-2H3. The van der Waals surface area contributed by atoms with E-state index in [1.807, 2.05) is 55.4 Å². The summed E-state index contributed by atoms with van der Waals surface area (Å²) in [4.78, 5) is 0. The Bertz CT molecular complexity index is 836. The van der Waals surface area contributed by atoms with Gasteiger partial charge in [0.2, 0.25) is 0 Å². The second-order valence-electron chi connectivity index (χ2n) is 7.15. The van der Waals surface area contributed by atoms with Crippen LogP contribution in [0.15, 0.2) is 78.9 Å². The average Bonchev–Trinajstić information content (AvgIpc) is 2.96. The number of ether oxygens (including phenoxy) is 1. The summed E-state index contributed by atoms with van der Waals surface area (Å²) in [6.07, 6.45) is 3.39. The first-order valence-electron chi connectivity index (χ1n) is 13.7. The lowest BCUT2D eigenvalue weighted by Crippen LogP contribution is -2.20. The van der Waals surface area contributed by atoms with E-state index in [0.29, 0.717) is 11.8 Å². The van der Waals surface area contributed by atoms with E-state index in [0.717, 1.165) is 25.2 Å². The quantitative estimate of drug-likeness (QED) is 0.366. The van der Waals surface area contributed by atoms with Gasteiger partial charge < -0.3 is 4.74 Å². The van der Waals surface area contributed by atoms with Crippen molar-refractivity contribution in [3.05, 3.63) is 101 Å². The van der Waals surface area contributed by atoms with Crippen LogP contribution in [0.25, 0.3) is 0 Å². The van der Waals surface area contributed by atoms with Crippen molar-refractivity contribution in [1.82, 2.24) is 0 Å². The maximum atomic E-state index is 5.78. The monoisotopic (exact) mass is 462 g/mol. The molecular weight excluding hydrogens is 412 g/mol. The molecule has 0 fully saturated rings. The van der Waals surface area contributed by atoms with Gasteiger partial charge in [-0.2, -0.15) is 0 Å². The molecule has 0 spiro atoms. The highest BCUT2D eigenvalue weighted by molar-refractivity contribution is 5.45. The molecule has 0 bridgehead atoms. The Hall–Kier alpha value is -2.54. The number of fused-ring (bicyclic) bond motifs is 1. The fraction of sp³-hybridized carbons (Fsp3) is 0.455. The first-order chi connectivity index (χ1) is 16.9. The first kappa shape index (κ1) is 31.5. The van der Waals surface area contributed by atoms with Gasteiger partial charge in [-0.1, -0.05) is 129 Å². The lowest BCUT2D eigenvalue weighted by molar-refractivity contribution is 0.317. The van der Waals surface area contributed by atoms with Crippen molar-refractivity contribution in [1.29, 1.82) is 0 Å². The third-order valence-electron chi connectivity index (χ3n) is 5.46. The van der Waals surface area contributed by atoms with E-state index < -0.39 is 0 Å². The third kappa shape index (κ3) is 9.01. The number of hydrogen-bond donors (Lipinski definition) is 0. The summed E-state index contributed by atoms with van der Waals surface area (Å²) < 4.78 is 5.78. The molecule has 0 aromatic heterocycles. The van der Waals surface area contributed by atoms with E-state index in [4.69, 9.17) is 4.74 Å². The topological polar surface area (TPSA) is 9.23 Å². The molecule has 3 aromatic rings. The van der Waals surface area contributed by atoms with Crippen molar-refractivity contribution < 1.29 is 4.74 Å². The summed E-state index contributed by atoms with van der Waals surface area (Å²) in [5.41, 5.74) is 5.80. The van der Waals surface area contributed by atoms with Gasteiger partial charge in [0.25, 0.3) is 0 Å². The molecule has 0 amide bonds. The Labute approximate surface area is 211 Å². The minimum Gasteiger partial charge on any atom is -0.494 e. The largest absolute Gasteiger partial charge is 0.494 e. The molecule has 1 aliphatic rings. The van der Waals surface area contributed by atoms with Crippen molar-refractivity contribution in [2.45, 2.75) is 93.4 Å². The predicted octanol–water partition coefficient (Wildman–Crippen LogP) is 10.4. The van der Waals surface area contributed by atoms with Gasteiger partial charge in [-0.25, -0.2) is 0 Å². The molecule has 2 atom stereocenters. The molecule has 188 valence electrons. The van der Waals surface area contributed by atoms with E-state index >= 15 is 0 Å².